The molecule has 20 heavy (non-hydrogen) atoms. The van der Waals surface area contributed by atoms with Gasteiger partial charge in [-0.05, 0) is 18.6 Å². The van der Waals surface area contributed by atoms with Crippen LogP contribution in [-0.2, 0) is 4.79 Å². The molecular weight excluding hydrogens is 303 g/mol. The molecule has 0 fully saturated rings. The molecule has 0 saturated heterocycles. The second-order valence-corrected chi connectivity index (χ2v) is 5.22. The molecule has 0 radical (unpaired) electrons. The molecule has 2 rings (SSSR count). The highest BCUT2D eigenvalue weighted by atomic mass is 35.5. The van der Waals surface area contributed by atoms with Crippen molar-refractivity contribution in [1.82, 2.24) is 4.90 Å². The molecule has 1 aliphatic rings. The number of halogens is 2. The first kappa shape index (κ1) is 14.6. The summed E-state index contributed by atoms with van der Waals surface area (Å²) in [5.41, 5.74) is 0.753. The van der Waals surface area contributed by atoms with Crippen LogP contribution in [-0.4, -0.2) is 28.4 Å². The molecule has 1 heterocycles. The molecule has 1 unspecified atom stereocenters. The van der Waals surface area contributed by atoms with E-state index in [-0.39, 0.29) is 30.3 Å². The standard InChI is InChI=1S/C13H10Cl2N2O3/c14-7-4-8-12(9(15)5-7)10(6-16)17(13(8)20)3-1-2-11(18)19/h4-5,10H,1-3H2,(H,18,19). The van der Waals surface area contributed by atoms with Crippen LogP contribution in [0.4, 0.5) is 0 Å². The van der Waals surface area contributed by atoms with E-state index in [1.807, 2.05) is 6.07 Å². The minimum absolute atomic E-state index is 0.0627. The van der Waals surface area contributed by atoms with Gasteiger partial charge in [-0.2, -0.15) is 5.26 Å². The Labute approximate surface area is 125 Å². The fourth-order valence-corrected chi connectivity index (χ4v) is 2.83. The number of benzene rings is 1. The highest BCUT2D eigenvalue weighted by molar-refractivity contribution is 6.36. The molecule has 1 atom stereocenters. The Bertz CT molecular complexity index is 625. The van der Waals surface area contributed by atoms with Gasteiger partial charge in [-0.25, -0.2) is 0 Å². The van der Waals surface area contributed by atoms with Gasteiger partial charge in [0.2, 0.25) is 0 Å². The second-order valence-electron chi connectivity index (χ2n) is 4.38. The van der Waals surface area contributed by atoms with Crippen LogP contribution in [0, 0.1) is 11.3 Å². The molecule has 7 heteroatoms. The van der Waals surface area contributed by atoms with Gasteiger partial charge in [-0.1, -0.05) is 23.2 Å². The molecular formula is C13H10Cl2N2O3. The van der Waals surface area contributed by atoms with Crippen molar-refractivity contribution >= 4 is 35.1 Å². The van der Waals surface area contributed by atoms with Crippen LogP contribution in [0.5, 0.6) is 0 Å². The fraction of sp³-hybridized carbons (Fsp3) is 0.308. The van der Waals surface area contributed by atoms with E-state index in [0.717, 1.165) is 0 Å². The lowest BCUT2D eigenvalue weighted by Crippen LogP contribution is -2.28. The number of nitrogens with zero attached hydrogens (tertiary/aromatic N) is 2. The van der Waals surface area contributed by atoms with E-state index < -0.39 is 12.0 Å². The number of aliphatic carboxylic acids is 1. The van der Waals surface area contributed by atoms with E-state index in [1.54, 1.807) is 0 Å². The number of rotatable bonds is 4. The van der Waals surface area contributed by atoms with Crippen LogP contribution in [0.2, 0.25) is 10.0 Å². The maximum Gasteiger partial charge on any atom is 0.303 e. The third kappa shape index (κ3) is 2.58. The smallest absolute Gasteiger partial charge is 0.303 e. The summed E-state index contributed by atoms with van der Waals surface area (Å²) in [4.78, 5) is 24.1. The minimum atomic E-state index is -0.941. The average molecular weight is 313 g/mol. The topological polar surface area (TPSA) is 81.4 Å². The highest BCUT2D eigenvalue weighted by Gasteiger charge is 2.38. The molecule has 1 aromatic carbocycles. The average Bonchev–Trinajstić information content (AvgIpc) is 2.63. The van der Waals surface area contributed by atoms with Crippen molar-refractivity contribution in [2.75, 3.05) is 6.54 Å². The molecule has 5 nitrogen and oxygen atoms in total. The number of carbonyl (C=O) groups excluding carboxylic acids is 1. The normalized spacial score (nSPS) is 16.9. The zero-order valence-electron chi connectivity index (χ0n) is 10.3. The number of carbonyl (C=O) groups is 2. The van der Waals surface area contributed by atoms with Gasteiger partial charge in [0, 0.05) is 34.1 Å². The van der Waals surface area contributed by atoms with E-state index in [2.05, 4.69) is 0 Å². The number of amides is 1. The Kier molecular flexibility index (Phi) is 4.17. The van der Waals surface area contributed by atoms with Crippen LogP contribution >= 0.6 is 23.2 Å². The molecule has 1 aliphatic heterocycles. The third-order valence-electron chi connectivity index (χ3n) is 3.08. The van der Waals surface area contributed by atoms with Gasteiger partial charge >= 0.3 is 5.97 Å². The Morgan fingerprint density at radius 2 is 2.15 bits per heavy atom. The van der Waals surface area contributed by atoms with Crippen molar-refractivity contribution < 1.29 is 14.7 Å². The number of fused-ring (bicyclic) bond motifs is 1. The van der Waals surface area contributed by atoms with Gasteiger partial charge in [0.05, 0.1) is 6.07 Å². The summed E-state index contributed by atoms with van der Waals surface area (Å²) in [6, 6.07) is 4.20. The van der Waals surface area contributed by atoms with Gasteiger partial charge in [-0.3, -0.25) is 9.59 Å². The summed E-state index contributed by atoms with van der Waals surface area (Å²) in [5.74, 6) is -1.29. The molecule has 0 aliphatic carbocycles. The van der Waals surface area contributed by atoms with E-state index >= 15 is 0 Å². The summed E-state index contributed by atoms with van der Waals surface area (Å²) >= 11 is 11.9. The van der Waals surface area contributed by atoms with Crippen molar-refractivity contribution in [3.05, 3.63) is 33.3 Å². The summed E-state index contributed by atoms with van der Waals surface area (Å²) in [6.45, 7) is 0.186. The zero-order chi connectivity index (χ0) is 14.9. The van der Waals surface area contributed by atoms with Crippen molar-refractivity contribution in [1.29, 1.82) is 5.26 Å². The van der Waals surface area contributed by atoms with Gasteiger partial charge in [-0.15, -0.1) is 0 Å². The second kappa shape index (κ2) is 5.70. The van der Waals surface area contributed by atoms with Gasteiger partial charge in [0.15, 0.2) is 0 Å². The monoisotopic (exact) mass is 312 g/mol. The Morgan fingerprint density at radius 1 is 1.45 bits per heavy atom. The maximum atomic E-state index is 12.3. The lowest BCUT2D eigenvalue weighted by atomic mass is 10.1. The van der Waals surface area contributed by atoms with Crippen LogP contribution < -0.4 is 0 Å². The Hall–Kier alpha value is -1.77. The van der Waals surface area contributed by atoms with Crippen LogP contribution in [0.15, 0.2) is 12.1 Å². The van der Waals surface area contributed by atoms with Crippen molar-refractivity contribution in [3.63, 3.8) is 0 Å². The molecule has 1 aromatic rings. The van der Waals surface area contributed by atoms with Crippen molar-refractivity contribution in [3.8, 4) is 6.07 Å². The van der Waals surface area contributed by atoms with E-state index in [9.17, 15) is 14.9 Å². The minimum Gasteiger partial charge on any atom is -0.481 e. The highest BCUT2D eigenvalue weighted by Crippen LogP contribution is 2.39. The van der Waals surface area contributed by atoms with Gasteiger partial charge < -0.3 is 10.0 Å². The lowest BCUT2D eigenvalue weighted by molar-refractivity contribution is -0.137. The number of carboxylic acid groups (broad SMARTS) is 1. The van der Waals surface area contributed by atoms with Gasteiger partial charge in [0.25, 0.3) is 5.91 Å². The largest absolute Gasteiger partial charge is 0.481 e. The summed E-state index contributed by atoms with van der Waals surface area (Å²) in [5, 5.41) is 18.5. The van der Waals surface area contributed by atoms with Crippen molar-refractivity contribution in [2.45, 2.75) is 18.9 Å². The molecule has 0 aromatic heterocycles. The fourth-order valence-electron chi connectivity index (χ4n) is 2.23. The number of nitriles is 1. The van der Waals surface area contributed by atoms with Crippen LogP contribution in [0.25, 0.3) is 0 Å². The van der Waals surface area contributed by atoms with E-state index in [4.69, 9.17) is 28.3 Å². The summed E-state index contributed by atoms with van der Waals surface area (Å²) in [6.07, 6.45) is 0.214. The Balaban J connectivity index is 2.30. The number of carboxylic acids is 1. The SMILES string of the molecule is N#CC1c2c(Cl)cc(Cl)cc2C(=O)N1CCCC(=O)O. The van der Waals surface area contributed by atoms with Crippen LogP contribution in [0.3, 0.4) is 0 Å². The lowest BCUT2D eigenvalue weighted by Gasteiger charge is -2.19. The predicted octanol–water partition coefficient (Wildman–Crippen LogP) is 2.88. The molecule has 0 spiro atoms. The summed E-state index contributed by atoms with van der Waals surface area (Å²) in [7, 11) is 0. The number of hydrogen-bond acceptors (Lipinski definition) is 3. The Morgan fingerprint density at radius 3 is 2.75 bits per heavy atom. The van der Waals surface area contributed by atoms with E-state index in [1.165, 1.54) is 17.0 Å². The molecule has 0 saturated carbocycles. The summed E-state index contributed by atoms with van der Waals surface area (Å²) < 4.78 is 0. The first-order valence-electron chi connectivity index (χ1n) is 5.87. The first-order chi connectivity index (χ1) is 9.45. The van der Waals surface area contributed by atoms with Crippen LogP contribution in [0.1, 0.15) is 34.8 Å². The third-order valence-corrected chi connectivity index (χ3v) is 3.61. The van der Waals surface area contributed by atoms with Gasteiger partial charge in [0.1, 0.15) is 6.04 Å². The predicted molar refractivity (Wildman–Crippen MR) is 72.7 cm³/mol. The maximum absolute atomic E-state index is 12.3. The molecule has 104 valence electrons. The van der Waals surface area contributed by atoms with Crippen molar-refractivity contribution in [2.24, 2.45) is 0 Å². The first-order valence-corrected chi connectivity index (χ1v) is 6.62. The number of hydrogen-bond donors (Lipinski definition) is 1. The molecule has 0 bridgehead atoms. The quantitative estimate of drug-likeness (QED) is 0.926. The zero-order valence-corrected chi connectivity index (χ0v) is 11.8. The van der Waals surface area contributed by atoms with E-state index in [0.29, 0.717) is 16.1 Å². The molecule has 1 amide bonds. The molecule has 1 N–H and O–H groups in total.